The maximum atomic E-state index is 13.9. The van der Waals surface area contributed by atoms with Gasteiger partial charge in [0.25, 0.3) is 0 Å². The summed E-state index contributed by atoms with van der Waals surface area (Å²) in [7, 11) is 0. The van der Waals surface area contributed by atoms with Crippen molar-refractivity contribution in [2.75, 3.05) is 11.9 Å². The second kappa shape index (κ2) is 5.74. The van der Waals surface area contributed by atoms with Gasteiger partial charge in [-0.05, 0) is 36.6 Å². The average molecular weight is 324 g/mol. The van der Waals surface area contributed by atoms with Crippen molar-refractivity contribution in [1.29, 1.82) is 0 Å². The van der Waals surface area contributed by atoms with Crippen LogP contribution in [0, 0.1) is 11.7 Å². The Morgan fingerprint density at radius 3 is 2.58 bits per heavy atom. The van der Waals surface area contributed by atoms with E-state index in [9.17, 15) is 14.0 Å². The van der Waals surface area contributed by atoms with E-state index in [4.69, 9.17) is 0 Å². The fraction of sp³-hybridized carbons (Fsp3) is 0.263. The summed E-state index contributed by atoms with van der Waals surface area (Å²) in [6, 6.07) is 13.3. The lowest BCUT2D eigenvalue weighted by Gasteiger charge is -2.30. The topological polar surface area (TPSA) is 49.4 Å². The molecule has 1 unspecified atom stereocenters. The van der Waals surface area contributed by atoms with Gasteiger partial charge in [-0.3, -0.25) is 9.59 Å². The zero-order chi connectivity index (χ0) is 16.7. The minimum absolute atomic E-state index is 0.0147. The molecule has 1 aliphatic heterocycles. The highest BCUT2D eigenvalue weighted by Crippen LogP contribution is 2.40. The zero-order valence-electron chi connectivity index (χ0n) is 13.0. The van der Waals surface area contributed by atoms with E-state index in [0.717, 1.165) is 18.4 Å². The number of anilines is 1. The minimum Gasteiger partial charge on any atom is -0.324 e. The lowest BCUT2D eigenvalue weighted by molar-refractivity contribution is -0.137. The van der Waals surface area contributed by atoms with Gasteiger partial charge in [-0.2, -0.15) is 0 Å². The van der Waals surface area contributed by atoms with Gasteiger partial charge in [-0.15, -0.1) is 0 Å². The second-order valence-corrected chi connectivity index (χ2v) is 6.33. The molecule has 2 aromatic rings. The van der Waals surface area contributed by atoms with Crippen molar-refractivity contribution >= 4 is 17.5 Å². The van der Waals surface area contributed by atoms with Crippen LogP contribution in [0.1, 0.15) is 30.0 Å². The standard InChI is InChI=1S/C19H17FN2O2/c20-14-8-9-16-15(10-14)18(12-4-2-1-3-5-12)22(11-17(23)21-16)19(24)13-6-7-13/h1-5,8-10,13,18H,6-7,11H2,(H,21,23). The van der Waals surface area contributed by atoms with Crippen molar-refractivity contribution in [3.63, 3.8) is 0 Å². The van der Waals surface area contributed by atoms with Crippen LogP contribution >= 0.6 is 0 Å². The molecule has 0 spiro atoms. The maximum absolute atomic E-state index is 13.9. The maximum Gasteiger partial charge on any atom is 0.244 e. The zero-order valence-corrected chi connectivity index (χ0v) is 13.0. The third-order valence-corrected chi connectivity index (χ3v) is 4.53. The monoisotopic (exact) mass is 324 g/mol. The Hall–Kier alpha value is -2.69. The molecule has 1 heterocycles. The second-order valence-electron chi connectivity index (χ2n) is 6.33. The molecule has 4 nitrogen and oxygen atoms in total. The van der Waals surface area contributed by atoms with E-state index in [1.807, 2.05) is 30.3 Å². The summed E-state index contributed by atoms with van der Waals surface area (Å²) < 4.78 is 13.9. The summed E-state index contributed by atoms with van der Waals surface area (Å²) in [5.74, 6) is -0.685. The van der Waals surface area contributed by atoms with Crippen molar-refractivity contribution in [2.24, 2.45) is 5.92 Å². The Morgan fingerprint density at radius 2 is 1.88 bits per heavy atom. The van der Waals surface area contributed by atoms with Crippen LogP contribution in [-0.2, 0) is 9.59 Å². The van der Waals surface area contributed by atoms with Crippen LogP contribution in [0.5, 0.6) is 0 Å². The van der Waals surface area contributed by atoms with Gasteiger partial charge >= 0.3 is 0 Å². The van der Waals surface area contributed by atoms with Crippen LogP contribution in [0.2, 0.25) is 0 Å². The number of hydrogen-bond donors (Lipinski definition) is 1. The average Bonchev–Trinajstić information content (AvgIpc) is 3.42. The van der Waals surface area contributed by atoms with Gasteiger partial charge in [0.1, 0.15) is 12.4 Å². The van der Waals surface area contributed by atoms with Gasteiger partial charge in [-0.25, -0.2) is 4.39 Å². The van der Waals surface area contributed by atoms with E-state index in [0.29, 0.717) is 11.3 Å². The molecule has 0 radical (unpaired) electrons. The third-order valence-electron chi connectivity index (χ3n) is 4.53. The van der Waals surface area contributed by atoms with E-state index >= 15 is 0 Å². The van der Waals surface area contributed by atoms with E-state index in [-0.39, 0.29) is 30.1 Å². The highest BCUT2D eigenvalue weighted by atomic mass is 19.1. The number of carbonyl (C=O) groups is 2. The molecular formula is C19H17FN2O2. The lowest BCUT2D eigenvalue weighted by Crippen LogP contribution is -2.39. The molecule has 2 aromatic carbocycles. The molecule has 1 saturated carbocycles. The smallest absolute Gasteiger partial charge is 0.244 e. The highest BCUT2D eigenvalue weighted by Gasteiger charge is 2.40. The number of nitrogens with zero attached hydrogens (tertiary/aromatic N) is 1. The van der Waals surface area contributed by atoms with E-state index in [1.54, 1.807) is 11.0 Å². The number of rotatable bonds is 2. The summed E-state index contributed by atoms with van der Waals surface area (Å²) in [5, 5.41) is 2.79. The summed E-state index contributed by atoms with van der Waals surface area (Å²) in [4.78, 5) is 26.6. The third kappa shape index (κ3) is 2.66. The summed E-state index contributed by atoms with van der Waals surface area (Å²) in [5.41, 5.74) is 2.04. The summed E-state index contributed by atoms with van der Waals surface area (Å²) >= 11 is 0. The number of benzene rings is 2. The number of fused-ring (bicyclic) bond motifs is 1. The van der Waals surface area contributed by atoms with Crippen LogP contribution < -0.4 is 5.32 Å². The predicted molar refractivity (Wildman–Crippen MR) is 87.8 cm³/mol. The van der Waals surface area contributed by atoms with Crippen molar-refractivity contribution < 1.29 is 14.0 Å². The first-order valence-corrected chi connectivity index (χ1v) is 8.08. The molecule has 4 rings (SSSR count). The van der Waals surface area contributed by atoms with Gasteiger partial charge in [0, 0.05) is 17.2 Å². The fourth-order valence-corrected chi connectivity index (χ4v) is 3.24. The Kier molecular flexibility index (Phi) is 3.56. The van der Waals surface area contributed by atoms with Crippen molar-refractivity contribution in [1.82, 2.24) is 4.90 Å². The molecule has 24 heavy (non-hydrogen) atoms. The number of amides is 2. The molecule has 1 N–H and O–H groups in total. The Balaban J connectivity index is 1.88. The first-order valence-electron chi connectivity index (χ1n) is 8.08. The summed E-state index contributed by atoms with van der Waals surface area (Å²) in [6.45, 7) is -0.0226. The minimum atomic E-state index is -0.469. The molecule has 1 aliphatic carbocycles. The fourth-order valence-electron chi connectivity index (χ4n) is 3.24. The van der Waals surface area contributed by atoms with Gasteiger partial charge in [-0.1, -0.05) is 30.3 Å². The predicted octanol–water partition coefficient (Wildman–Crippen LogP) is 3.11. The van der Waals surface area contributed by atoms with Crippen LogP contribution in [0.3, 0.4) is 0 Å². The molecule has 1 fully saturated rings. The Morgan fingerprint density at radius 1 is 1.12 bits per heavy atom. The molecular weight excluding hydrogens is 307 g/mol. The quantitative estimate of drug-likeness (QED) is 0.923. The lowest BCUT2D eigenvalue weighted by atomic mass is 9.95. The Labute approximate surface area is 139 Å². The van der Waals surface area contributed by atoms with Crippen molar-refractivity contribution in [3.8, 4) is 0 Å². The molecule has 0 aromatic heterocycles. The molecule has 0 bridgehead atoms. The molecule has 0 saturated heterocycles. The molecule has 5 heteroatoms. The largest absolute Gasteiger partial charge is 0.324 e. The van der Waals surface area contributed by atoms with Crippen LogP contribution in [-0.4, -0.2) is 23.3 Å². The van der Waals surface area contributed by atoms with E-state index in [2.05, 4.69) is 5.32 Å². The Bertz CT molecular complexity index is 802. The van der Waals surface area contributed by atoms with E-state index in [1.165, 1.54) is 12.1 Å². The van der Waals surface area contributed by atoms with Crippen LogP contribution in [0.4, 0.5) is 10.1 Å². The number of nitrogens with one attached hydrogen (secondary N) is 1. The van der Waals surface area contributed by atoms with Crippen molar-refractivity contribution in [3.05, 3.63) is 65.5 Å². The molecule has 2 aliphatic rings. The molecule has 1 atom stereocenters. The number of carbonyl (C=O) groups excluding carboxylic acids is 2. The normalized spacial score (nSPS) is 20.1. The molecule has 122 valence electrons. The van der Waals surface area contributed by atoms with Crippen molar-refractivity contribution in [2.45, 2.75) is 18.9 Å². The van der Waals surface area contributed by atoms with Gasteiger partial charge in [0.15, 0.2) is 0 Å². The summed E-state index contributed by atoms with van der Waals surface area (Å²) in [6.07, 6.45) is 1.71. The number of halogens is 1. The van der Waals surface area contributed by atoms with Gasteiger partial charge in [0.05, 0.1) is 6.04 Å². The van der Waals surface area contributed by atoms with Gasteiger partial charge < -0.3 is 10.2 Å². The van der Waals surface area contributed by atoms with Gasteiger partial charge in [0.2, 0.25) is 11.8 Å². The highest BCUT2D eigenvalue weighted by molar-refractivity contribution is 5.97. The van der Waals surface area contributed by atoms with Crippen LogP contribution in [0.15, 0.2) is 48.5 Å². The van der Waals surface area contributed by atoms with Crippen LogP contribution in [0.25, 0.3) is 0 Å². The van der Waals surface area contributed by atoms with E-state index < -0.39 is 6.04 Å². The first kappa shape index (κ1) is 14.9. The number of hydrogen-bond acceptors (Lipinski definition) is 2. The molecule has 2 amide bonds. The SMILES string of the molecule is O=C1CN(C(=O)C2CC2)C(c2ccccc2)c2cc(F)ccc2N1. The first-order chi connectivity index (χ1) is 11.6.